The molecule has 0 bridgehead atoms. The maximum Gasteiger partial charge on any atom is 0.122 e. The van der Waals surface area contributed by atoms with E-state index >= 15 is 0 Å². The van der Waals surface area contributed by atoms with E-state index in [9.17, 15) is 0 Å². The highest BCUT2D eigenvalue weighted by atomic mass is 15.1. The van der Waals surface area contributed by atoms with Gasteiger partial charge >= 0.3 is 0 Å². The summed E-state index contributed by atoms with van der Waals surface area (Å²) in [7, 11) is 2.04. The van der Waals surface area contributed by atoms with E-state index in [0.29, 0.717) is 6.04 Å². The quantitative estimate of drug-likeness (QED) is 0.890. The Labute approximate surface area is 114 Å². The van der Waals surface area contributed by atoms with Crippen LogP contribution >= 0.6 is 0 Å². The molecule has 1 aliphatic carbocycles. The molecule has 1 heterocycles. The van der Waals surface area contributed by atoms with Crippen LogP contribution in [0.2, 0.25) is 0 Å². The average Bonchev–Trinajstić information content (AvgIpc) is 3.16. The van der Waals surface area contributed by atoms with Crippen molar-refractivity contribution in [3.8, 4) is 0 Å². The van der Waals surface area contributed by atoms with Crippen molar-refractivity contribution in [2.75, 3.05) is 0 Å². The molecule has 3 heteroatoms. The topological polar surface area (TPSA) is 29.9 Å². The van der Waals surface area contributed by atoms with Crippen LogP contribution in [-0.4, -0.2) is 9.55 Å². The molecule has 0 saturated heterocycles. The Balaban J connectivity index is 1.71. The van der Waals surface area contributed by atoms with Crippen molar-refractivity contribution in [2.24, 2.45) is 13.0 Å². The summed E-state index contributed by atoms with van der Waals surface area (Å²) >= 11 is 0. The molecule has 1 fully saturated rings. The minimum absolute atomic E-state index is 0.470. The van der Waals surface area contributed by atoms with Crippen LogP contribution in [0.4, 0.5) is 0 Å². The fourth-order valence-corrected chi connectivity index (χ4v) is 2.53. The van der Waals surface area contributed by atoms with E-state index in [4.69, 9.17) is 0 Å². The summed E-state index contributed by atoms with van der Waals surface area (Å²) in [6.45, 7) is 2.97. The summed E-state index contributed by atoms with van der Waals surface area (Å²) in [6, 6.07) is 9.38. The predicted octanol–water partition coefficient (Wildman–Crippen LogP) is 2.97. The smallest absolute Gasteiger partial charge is 0.122 e. The van der Waals surface area contributed by atoms with Gasteiger partial charge in [0.25, 0.3) is 0 Å². The Morgan fingerprint density at radius 3 is 2.63 bits per heavy atom. The average molecular weight is 255 g/mol. The zero-order valence-electron chi connectivity index (χ0n) is 11.6. The van der Waals surface area contributed by atoms with Crippen molar-refractivity contribution in [2.45, 2.75) is 32.4 Å². The van der Waals surface area contributed by atoms with Crippen LogP contribution in [0, 0.1) is 12.8 Å². The SMILES string of the molecule is Cc1ccc(C(NCc2nccn2C)C2CC2)cc1. The molecule has 0 radical (unpaired) electrons. The van der Waals surface area contributed by atoms with Gasteiger partial charge in [0.15, 0.2) is 0 Å². The Hall–Kier alpha value is -1.61. The molecule has 100 valence electrons. The fraction of sp³-hybridized carbons (Fsp3) is 0.438. The largest absolute Gasteiger partial charge is 0.337 e. The third-order valence-corrected chi connectivity index (χ3v) is 3.93. The van der Waals surface area contributed by atoms with E-state index in [0.717, 1.165) is 18.3 Å². The number of nitrogens with one attached hydrogen (secondary N) is 1. The summed E-state index contributed by atoms with van der Waals surface area (Å²) in [6.07, 6.45) is 6.53. The van der Waals surface area contributed by atoms with Gasteiger partial charge in [-0.15, -0.1) is 0 Å². The van der Waals surface area contributed by atoms with E-state index in [1.54, 1.807) is 0 Å². The molecule has 1 atom stereocenters. The first-order valence-electron chi connectivity index (χ1n) is 7.00. The number of imidazole rings is 1. The molecule has 1 aromatic carbocycles. The Bertz CT molecular complexity index is 537. The lowest BCUT2D eigenvalue weighted by Crippen LogP contribution is -2.24. The van der Waals surface area contributed by atoms with Crippen LogP contribution in [0.3, 0.4) is 0 Å². The number of benzene rings is 1. The molecule has 2 aromatic rings. The molecule has 0 spiro atoms. The number of hydrogen-bond acceptors (Lipinski definition) is 2. The van der Waals surface area contributed by atoms with Crippen molar-refractivity contribution >= 4 is 0 Å². The summed E-state index contributed by atoms with van der Waals surface area (Å²) in [4.78, 5) is 4.38. The molecule has 1 saturated carbocycles. The number of hydrogen-bond donors (Lipinski definition) is 1. The lowest BCUT2D eigenvalue weighted by atomic mass is 10.0. The highest BCUT2D eigenvalue weighted by molar-refractivity contribution is 5.25. The van der Waals surface area contributed by atoms with Crippen molar-refractivity contribution in [3.05, 3.63) is 53.6 Å². The van der Waals surface area contributed by atoms with Gasteiger partial charge in [0.1, 0.15) is 5.82 Å². The first kappa shape index (κ1) is 12.4. The van der Waals surface area contributed by atoms with Crippen LogP contribution in [0.15, 0.2) is 36.7 Å². The van der Waals surface area contributed by atoms with E-state index in [-0.39, 0.29) is 0 Å². The lowest BCUT2D eigenvalue weighted by molar-refractivity contribution is 0.467. The minimum Gasteiger partial charge on any atom is -0.337 e. The third kappa shape index (κ3) is 2.87. The zero-order chi connectivity index (χ0) is 13.2. The van der Waals surface area contributed by atoms with Crippen LogP contribution < -0.4 is 5.32 Å². The van der Waals surface area contributed by atoms with Gasteiger partial charge < -0.3 is 9.88 Å². The van der Waals surface area contributed by atoms with Gasteiger partial charge in [-0.25, -0.2) is 4.98 Å². The second-order valence-corrected chi connectivity index (χ2v) is 5.56. The van der Waals surface area contributed by atoms with Gasteiger partial charge in [-0.1, -0.05) is 29.8 Å². The fourth-order valence-electron chi connectivity index (χ4n) is 2.53. The molecular weight excluding hydrogens is 234 g/mol. The second kappa shape index (κ2) is 5.17. The second-order valence-electron chi connectivity index (χ2n) is 5.56. The van der Waals surface area contributed by atoms with Crippen LogP contribution in [-0.2, 0) is 13.6 Å². The molecule has 1 unspecified atom stereocenters. The predicted molar refractivity (Wildman–Crippen MR) is 76.7 cm³/mol. The summed E-state index contributed by atoms with van der Waals surface area (Å²) < 4.78 is 2.08. The summed E-state index contributed by atoms with van der Waals surface area (Å²) in [5, 5.41) is 3.68. The van der Waals surface area contributed by atoms with E-state index in [1.807, 2.05) is 19.4 Å². The van der Waals surface area contributed by atoms with Gasteiger partial charge in [0.2, 0.25) is 0 Å². The van der Waals surface area contributed by atoms with Gasteiger partial charge in [0, 0.05) is 25.5 Å². The molecule has 0 aliphatic heterocycles. The highest BCUT2D eigenvalue weighted by Gasteiger charge is 2.32. The number of nitrogens with zero attached hydrogens (tertiary/aromatic N) is 2. The highest BCUT2D eigenvalue weighted by Crippen LogP contribution is 2.41. The molecule has 1 aliphatic rings. The van der Waals surface area contributed by atoms with Crippen molar-refractivity contribution in [1.82, 2.24) is 14.9 Å². The molecule has 3 rings (SSSR count). The monoisotopic (exact) mass is 255 g/mol. The van der Waals surface area contributed by atoms with Crippen molar-refractivity contribution in [3.63, 3.8) is 0 Å². The maximum atomic E-state index is 4.38. The number of rotatable bonds is 5. The van der Waals surface area contributed by atoms with E-state index in [1.165, 1.54) is 24.0 Å². The van der Waals surface area contributed by atoms with E-state index in [2.05, 4.69) is 46.1 Å². The van der Waals surface area contributed by atoms with E-state index < -0.39 is 0 Å². The normalized spacial score (nSPS) is 16.5. The molecule has 19 heavy (non-hydrogen) atoms. The lowest BCUT2D eigenvalue weighted by Gasteiger charge is -2.19. The molecule has 1 N–H and O–H groups in total. The standard InChI is InChI=1S/C16H21N3/c1-12-3-5-13(6-4-12)16(14-7-8-14)18-11-15-17-9-10-19(15)2/h3-6,9-10,14,16,18H,7-8,11H2,1-2H3. The molecular formula is C16H21N3. The molecule has 0 amide bonds. The maximum absolute atomic E-state index is 4.38. The first-order valence-corrected chi connectivity index (χ1v) is 7.00. The van der Waals surface area contributed by atoms with Crippen LogP contribution in [0.25, 0.3) is 0 Å². The summed E-state index contributed by atoms with van der Waals surface area (Å²) in [5.74, 6) is 1.89. The van der Waals surface area contributed by atoms with Crippen LogP contribution in [0.5, 0.6) is 0 Å². The zero-order valence-corrected chi connectivity index (χ0v) is 11.6. The molecule has 1 aromatic heterocycles. The van der Waals surface area contributed by atoms with Crippen molar-refractivity contribution < 1.29 is 0 Å². The van der Waals surface area contributed by atoms with Gasteiger partial charge in [-0.3, -0.25) is 0 Å². The summed E-state index contributed by atoms with van der Waals surface area (Å²) in [5.41, 5.74) is 2.73. The van der Waals surface area contributed by atoms with Crippen LogP contribution in [0.1, 0.15) is 35.8 Å². The van der Waals surface area contributed by atoms with Crippen molar-refractivity contribution in [1.29, 1.82) is 0 Å². The molecule has 3 nitrogen and oxygen atoms in total. The Morgan fingerprint density at radius 1 is 1.32 bits per heavy atom. The number of aryl methyl sites for hydroxylation is 2. The minimum atomic E-state index is 0.470. The van der Waals surface area contributed by atoms with Gasteiger partial charge in [-0.05, 0) is 31.2 Å². The van der Waals surface area contributed by atoms with Gasteiger partial charge in [-0.2, -0.15) is 0 Å². The Kier molecular flexibility index (Phi) is 3.38. The van der Waals surface area contributed by atoms with Gasteiger partial charge in [0.05, 0.1) is 6.54 Å². The number of aromatic nitrogens is 2. The first-order chi connectivity index (χ1) is 9.24. The third-order valence-electron chi connectivity index (χ3n) is 3.93. The Morgan fingerprint density at radius 2 is 2.05 bits per heavy atom.